The van der Waals surface area contributed by atoms with Gasteiger partial charge in [0.15, 0.2) is 0 Å². The zero-order valence-corrected chi connectivity index (χ0v) is 9.85. The van der Waals surface area contributed by atoms with Crippen molar-refractivity contribution in [2.75, 3.05) is 0 Å². The summed E-state index contributed by atoms with van der Waals surface area (Å²) in [5, 5.41) is 0. The molecule has 0 N–H and O–H groups in total. The fourth-order valence-electron chi connectivity index (χ4n) is 0.676. The smallest absolute Gasteiger partial charge is 0.0199 e. The highest BCUT2D eigenvalue weighted by Crippen LogP contribution is 2.13. The van der Waals surface area contributed by atoms with E-state index >= 15 is 0 Å². The van der Waals surface area contributed by atoms with Crippen molar-refractivity contribution < 1.29 is 0 Å². The molecule has 0 aliphatic heterocycles. The van der Waals surface area contributed by atoms with Crippen molar-refractivity contribution in [3.63, 3.8) is 0 Å². The Morgan fingerprint density at radius 2 is 1.69 bits per heavy atom. The molecule has 0 saturated heterocycles. The van der Waals surface area contributed by atoms with Crippen LogP contribution in [0.2, 0.25) is 0 Å². The van der Waals surface area contributed by atoms with Gasteiger partial charge in [0.05, 0.1) is 0 Å². The Balaban J connectivity index is 0. The van der Waals surface area contributed by atoms with E-state index in [0.29, 0.717) is 5.92 Å². The SMILES string of the molecule is C=C(C)/C=C\C(=C)C(C)CC.CC. The Kier molecular flexibility index (Phi) is 10.5. The van der Waals surface area contributed by atoms with Gasteiger partial charge in [-0.3, -0.25) is 0 Å². The molecular weight excluding hydrogens is 156 g/mol. The molecule has 0 amide bonds. The average Bonchev–Trinajstić information content (AvgIpc) is 2.16. The van der Waals surface area contributed by atoms with Gasteiger partial charge in [0.2, 0.25) is 0 Å². The number of rotatable bonds is 4. The highest BCUT2D eigenvalue weighted by Gasteiger charge is 1.98. The first kappa shape index (κ1) is 14.7. The molecule has 1 unspecified atom stereocenters. The largest absolute Gasteiger partial charge is 0.0961 e. The van der Waals surface area contributed by atoms with Crippen LogP contribution in [-0.4, -0.2) is 0 Å². The lowest BCUT2D eigenvalue weighted by Crippen LogP contribution is -1.92. The van der Waals surface area contributed by atoms with Crippen LogP contribution in [0.3, 0.4) is 0 Å². The highest BCUT2D eigenvalue weighted by molar-refractivity contribution is 5.24. The minimum atomic E-state index is 0.589. The van der Waals surface area contributed by atoms with E-state index in [9.17, 15) is 0 Å². The minimum Gasteiger partial charge on any atom is -0.0961 e. The van der Waals surface area contributed by atoms with Crippen molar-refractivity contribution in [2.45, 2.75) is 41.0 Å². The molecule has 0 fully saturated rings. The van der Waals surface area contributed by atoms with Gasteiger partial charge in [-0.1, -0.05) is 64.2 Å². The summed E-state index contributed by atoms with van der Waals surface area (Å²) in [7, 11) is 0. The molecular formula is C13H24. The van der Waals surface area contributed by atoms with Gasteiger partial charge < -0.3 is 0 Å². The van der Waals surface area contributed by atoms with Crippen LogP contribution in [0.5, 0.6) is 0 Å². The van der Waals surface area contributed by atoms with Gasteiger partial charge >= 0.3 is 0 Å². The molecule has 0 nitrogen and oxygen atoms in total. The van der Waals surface area contributed by atoms with E-state index in [4.69, 9.17) is 0 Å². The van der Waals surface area contributed by atoms with Crippen LogP contribution in [-0.2, 0) is 0 Å². The Morgan fingerprint density at radius 1 is 1.23 bits per heavy atom. The van der Waals surface area contributed by atoms with E-state index in [1.807, 2.05) is 26.8 Å². The lowest BCUT2D eigenvalue weighted by atomic mass is 9.99. The third-order valence-corrected chi connectivity index (χ3v) is 1.83. The molecule has 0 rings (SSSR count). The van der Waals surface area contributed by atoms with E-state index in [1.165, 1.54) is 5.57 Å². The molecule has 0 bridgehead atoms. The van der Waals surface area contributed by atoms with E-state index in [-0.39, 0.29) is 0 Å². The molecule has 0 saturated carbocycles. The zero-order valence-electron chi connectivity index (χ0n) is 9.85. The molecule has 0 heteroatoms. The molecule has 0 aromatic rings. The molecule has 76 valence electrons. The van der Waals surface area contributed by atoms with Gasteiger partial charge in [-0.15, -0.1) is 0 Å². The van der Waals surface area contributed by atoms with E-state index in [2.05, 4.69) is 33.1 Å². The molecule has 0 aromatic carbocycles. The van der Waals surface area contributed by atoms with Crippen LogP contribution in [0.25, 0.3) is 0 Å². The van der Waals surface area contributed by atoms with Gasteiger partial charge in [0.1, 0.15) is 0 Å². The van der Waals surface area contributed by atoms with Crippen LogP contribution in [0, 0.1) is 5.92 Å². The number of hydrogen-bond donors (Lipinski definition) is 0. The quantitative estimate of drug-likeness (QED) is 0.548. The van der Waals surface area contributed by atoms with Gasteiger partial charge in [-0.2, -0.15) is 0 Å². The fourth-order valence-corrected chi connectivity index (χ4v) is 0.676. The van der Waals surface area contributed by atoms with E-state index < -0.39 is 0 Å². The van der Waals surface area contributed by atoms with Crippen LogP contribution in [0.1, 0.15) is 41.0 Å². The summed E-state index contributed by atoms with van der Waals surface area (Å²) in [4.78, 5) is 0. The van der Waals surface area contributed by atoms with Crippen molar-refractivity contribution in [3.8, 4) is 0 Å². The Labute approximate surface area is 84.1 Å². The Bertz CT molecular complexity index is 172. The topological polar surface area (TPSA) is 0 Å². The lowest BCUT2D eigenvalue weighted by molar-refractivity contribution is 0.672. The molecule has 1 atom stereocenters. The third-order valence-electron chi connectivity index (χ3n) is 1.83. The summed E-state index contributed by atoms with van der Waals surface area (Å²) in [5.41, 5.74) is 2.27. The van der Waals surface area contributed by atoms with Crippen molar-refractivity contribution >= 4 is 0 Å². The van der Waals surface area contributed by atoms with Crippen molar-refractivity contribution in [1.82, 2.24) is 0 Å². The maximum absolute atomic E-state index is 3.97. The van der Waals surface area contributed by atoms with Gasteiger partial charge in [0.25, 0.3) is 0 Å². The normalized spacial score (nSPS) is 11.8. The minimum absolute atomic E-state index is 0.589. The number of hydrogen-bond acceptors (Lipinski definition) is 0. The first-order valence-electron chi connectivity index (χ1n) is 5.10. The predicted molar refractivity (Wildman–Crippen MR) is 63.9 cm³/mol. The Hall–Kier alpha value is -0.780. The van der Waals surface area contributed by atoms with Crippen LogP contribution >= 0.6 is 0 Å². The van der Waals surface area contributed by atoms with Crippen LogP contribution < -0.4 is 0 Å². The first-order chi connectivity index (χ1) is 6.07. The van der Waals surface area contributed by atoms with Crippen LogP contribution in [0.15, 0.2) is 36.5 Å². The highest BCUT2D eigenvalue weighted by atomic mass is 14.0. The summed E-state index contributed by atoms with van der Waals surface area (Å²) in [6.07, 6.45) is 5.21. The Morgan fingerprint density at radius 3 is 2.00 bits per heavy atom. The number of allylic oxidation sites excluding steroid dienone is 4. The second-order valence-corrected chi connectivity index (χ2v) is 3.06. The first-order valence-corrected chi connectivity index (χ1v) is 5.10. The lowest BCUT2D eigenvalue weighted by Gasteiger charge is -2.06. The van der Waals surface area contributed by atoms with Crippen molar-refractivity contribution in [2.24, 2.45) is 5.92 Å². The zero-order chi connectivity index (χ0) is 10.9. The second-order valence-electron chi connectivity index (χ2n) is 3.06. The maximum atomic E-state index is 3.97. The summed E-state index contributed by atoms with van der Waals surface area (Å²) >= 11 is 0. The van der Waals surface area contributed by atoms with E-state index in [0.717, 1.165) is 12.0 Å². The molecule has 0 aliphatic carbocycles. The van der Waals surface area contributed by atoms with Crippen molar-refractivity contribution in [1.29, 1.82) is 0 Å². The predicted octanol–water partition coefficient (Wildman–Crippen LogP) is 4.75. The molecule has 13 heavy (non-hydrogen) atoms. The van der Waals surface area contributed by atoms with Gasteiger partial charge in [-0.25, -0.2) is 0 Å². The maximum Gasteiger partial charge on any atom is -0.0199 e. The summed E-state index contributed by atoms with van der Waals surface area (Å²) < 4.78 is 0. The standard InChI is InChI=1S/C11H18.C2H6/c1-6-10(4)11(5)8-7-9(2)3;1-2/h7-8,10H,2,5-6H2,1,3-4H3;1-2H3/b8-7-;. The average molecular weight is 180 g/mol. The summed E-state index contributed by atoms with van der Waals surface area (Å²) in [6.45, 7) is 18.1. The monoisotopic (exact) mass is 180 g/mol. The molecule has 0 spiro atoms. The summed E-state index contributed by atoms with van der Waals surface area (Å²) in [5.74, 6) is 0.589. The molecule has 0 aliphatic rings. The van der Waals surface area contributed by atoms with Crippen LogP contribution in [0.4, 0.5) is 0 Å². The van der Waals surface area contributed by atoms with E-state index in [1.54, 1.807) is 0 Å². The fraction of sp³-hybridized carbons (Fsp3) is 0.538. The summed E-state index contributed by atoms with van der Waals surface area (Å²) in [6, 6.07) is 0. The van der Waals surface area contributed by atoms with Gasteiger partial charge in [0, 0.05) is 0 Å². The second kappa shape index (κ2) is 9.31. The third kappa shape index (κ3) is 9.13. The molecule has 0 heterocycles. The molecule has 0 aromatic heterocycles. The molecule has 0 radical (unpaired) electrons. The van der Waals surface area contributed by atoms with Gasteiger partial charge in [-0.05, 0) is 19.3 Å². The van der Waals surface area contributed by atoms with Crippen molar-refractivity contribution in [3.05, 3.63) is 36.5 Å².